The number of benzene rings is 1. The Balaban J connectivity index is 1.68. The Morgan fingerprint density at radius 1 is 1.54 bits per heavy atom. The van der Waals surface area contributed by atoms with Gasteiger partial charge in [-0.1, -0.05) is 17.4 Å². The molecule has 0 spiro atoms. The van der Waals surface area contributed by atoms with Crippen molar-refractivity contribution in [2.75, 3.05) is 11.5 Å². The number of fused-ring (bicyclic) bond motifs is 1. The smallest absolute Gasteiger partial charge is 0.535 e. The average molecular weight is 369 g/mol. The molecular weight excluding hydrogens is 356 g/mol. The Bertz CT molecular complexity index is 776. The molecule has 1 atom stereocenters. The highest BCUT2D eigenvalue weighted by atomic mass is 32.2. The molecule has 1 aliphatic heterocycles. The largest absolute Gasteiger partial charge is 0.536 e. The number of nitrogens with zero attached hydrogens (tertiary/aromatic N) is 2. The molecular formula is C13H13BFN3O4S2. The maximum absolute atomic E-state index is 13.7. The fourth-order valence-corrected chi connectivity index (χ4v) is 4.29. The van der Waals surface area contributed by atoms with Crippen LogP contribution in [0.4, 0.5) is 9.52 Å². The van der Waals surface area contributed by atoms with Gasteiger partial charge in [0.05, 0.1) is 5.15 Å². The van der Waals surface area contributed by atoms with E-state index in [1.807, 2.05) is 0 Å². The minimum atomic E-state index is -1.42. The van der Waals surface area contributed by atoms with Gasteiger partial charge in [0, 0.05) is 6.42 Å². The number of carboxylic acid groups (broad SMARTS) is 1. The van der Waals surface area contributed by atoms with E-state index < -0.39 is 24.5 Å². The SMILES string of the molecule is Nc1nnc(CCSC2Cc3ccc(F)c(C(=O)O)c3OB2O)s1. The molecule has 0 fully saturated rings. The second kappa shape index (κ2) is 6.95. The Labute approximate surface area is 145 Å². The molecule has 4 N–H and O–H groups in total. The van der Waals surface area contributed by atoms with Gasteiger partial charge >= 0.3 is 13.1 Å². The van der Waals surface area contributed by atoms with Crippen LogP contribution >= 0.6 is 23.1 Å². The second-order valence-electron chi connectivity index (χ2n) is 5.12. The van der Waals surface area contributed by atoms with Crippen LogP contribution in [0.25, 0.3) is 0 Å². The fourth-order valence-electron chi connectivity index (χ4n) is 2.42. The summed E-state index contributed by atoms with van der Waals surface area (Å²) in [5.74, 6) is -1.73. The highest BCUT2D eigenvalue weighted by molar-refractivity contribution is 8.01. The molecule has 2 aromatic rings. The molecule has 0 aliphatic carbocycles. The van der Waals surface area contributed by atoms with Gasteiger partial charge in [0.1, 0.15) is 22.1 Å². The summed E-state index contributed by atoms with van der Waals surface area (Å²) >= 11 is 2.79. The van der Waals surface area contributed by atoms with Crippen molar-refractivity contribution in [3.05, 3.63) is 34.1 Å². The standard InChI is InChI=1S/C13H13BFN3O4S2/c15-7-2-1-6-5-8(14(21)22-11(6)10(7)12(19)20)23-4-3-9-17-18-13(16)24-9/h1-2,8,21H,3-5H2,(H2,16,18)(H,19,20). The van der Waals surface area contributed by atoms with E-state index in [9.17, 15) is 14.2 Å². The monoisotopic (exact) mass is 369 g/mol. The highest BCUT2D eigenvalue weighted by Crippen LogP contribution is 2.35. The molecule has 0 amide bonds. The van der Waals surface area contributed by atoms with Crippen molar-refractivity contribution in [3.63, 3.8) is 0 Å². The summed E-state index contributed by atoms with van der Waals surface area (Å²) in [5, 5.41) is 27.8. The summed E-state index contributed by atoms with van der Waals surface area (Å²) < 4.78 is 19.0. The lowest BCUT2D eigenvalue weighted by Crippen LogP contribution is -2.41. The molecule has 1 unspecified atom stereocenters. The maximum Gasteiger partial charge on any atom is 0.536 e. The van der Waals surface area contributed by atoms with Gasteiger partial charge in [0.2, 0.25) is 5.13 Å². The third-order valence-electron chi connectivity index (χ3n) is 3.51. The molecule has 2 heterocycles. The van der Waals surface area contributed by atoms with E-state index >= 15 is 0 Å². The number of aryl methyl sites for hydroxylation is 1. The molecule has 1 aromatic carbocycles. The predicted octanol–water partition coefficient (Wildman–Crippen LogP) is 1.26. The quantitative estimate of drug-likeness (QED) is 0.674. The van der Waals surface area contributed by atoms with E-state index in [4.69, 9.17) is 15.5 Å². The molecule has 0 saturated heterocycles. The number of anilines is 1. The highest BCUT2D eigenvalue weighted by Gasteiger charge is 2.38. The molecule has 1 aromatic heterocycles. The fraction of sp³-hybridized carbons (Fsp3) is 0.308. The van der Waals surface area contributed by atoms with Crippen LogP contribution in [0.2, 0.25) is 0 Å². The number of carbonyl (C=O) groups is 1. The molecule has 0 radical (unpaired) electrons. The number of hydrogen-bond donors (Lipinski definition) is 3. The zero-order valence-electron chi connectivity index (χ0n) is 12.3. The van der Waals surface area contributed by atoms with Crippen LogP contribution in [-0.2, 0) is 12.8 Å². The van der Waals surface area contributed by atoms with Crippen LogP contribution in [0.15, 0.2) is 12.1 Å². The van der Waals surface area contributed by atoms with Crippen LogP contribution in [0.5, 0.6) is 5.75 Å². The summed E-state index contributed by atoms with van der Waals surface area (Å²) in [5.41, 5.74) is 5.54. The minimum absolute atomic E-state index is 0.0938. The summed E-state index contributed by atoms with van der Waals surface area (Å²) in [6, 6.07) is 2.59. The van der Waals surface area contributed by atoms with Crippen LogP contribution in [0.3, 0.4) is 0 Å². The minimum Gasteiger partial charge on any atom is -0.535 e. The van der Waals surface area contributed by atoms with Gasteiger partial charge in [0.25, 0.3) is 0 Å². The number of thioether (sulfide) groups is 1. The molecule has 0 bridgehead atoms. The third kappa shape index (κ3) is 3.47. The average Bonchev–Trinajstić information content (AvgIpc) is 2.93. The molecule has 3 rings (SSSR count). The first-order valence-electron chi connectivity index (χ1n) is 7.04. The number of carboxylic acids is 1. The van der Waals surface area contributed by atoms with Crippen molar-refractivity contribution < 1.29 is 24.0 Å². The van der Waals surface area contributed by atoms with Gasteiger partial charge in [-0.25, -0.2) is 9.18 Å². The van der Waals surface area contributed by atoms with Crippen LogP contribution in [0, 0.1) is 5.82 Å². The zero-order chi connectivity index (χ0) is 17.3. The van der Waals surface area contributed by atoms with E-state index in [1.165, 1.54) is 29.2 Å². The molecule has 11 heteroatoms. The molecule has 1 aliphatic rings. The summed E-state index contributed by atoms with van der Waals surface area (Å²) in [6.45, 7) is 0. The van der Waals surface area contributed by atoms with Gasteiger partial charge < -0.3 is 20.5 Å². The van der Waals surface area contributed by atoms with Gasteiger partial charge in [-0.05, 0) is 23.8 Å². The van der Waals surface area contributed by atoms with E-state index in [0.29, 0.717) is 29.3 Å². The van der Waals surface area contributed by atoms with Crippen LogP contribution in [-0.4, -0.2) is 44.3 Å². The summed E-state index contributed by atoms with van der Waals surface area (Å²) in [6.07, 6.45) is 1.04. The van der Waals surface area contributed by atoms with Gasteiger partial charge in [-0.3, -0.25) is 0 Å². The summed E-state index contributed by atoms with van der Waals surface area (Å²) in [4.78, 5) is 11.2. The Hall–Kier alpha value is -1.85. The van der Waals surface area contributed by atoms with Gasteiger partial charge in [-0.15, -0.1) is 10.2 Å². The number of halogens is 1. The van der Waals surface area contributed by atoms with E-state index in [2.05, 4.69) is 10.2 Å². The summed E-state index contributed by atoms with van der Waals surface area (Å²) in [7, 11) is -1.21. The lowest BCUT2D eigenvalue weighted by atomic mass is 9.77. The third-order valence-corrected chi connectivity index (χ3v) is 5.59. The van der Waals surface area contributed by atoms with E-state index in [-0.39, 0.29) is 10.9 Å². The second-order valence-corrected chi connectivity index (χ2v) is 7.56. The predicted molar refractivity (Wildman–Crippen MR) is 89.9 cm³/mol. The molecule has 7 nitrogen and oxygen atoms in total. The van der Waals surface area contributed by atoms with E-state index in [0.717, 1.165) is 11.1 Å². The van der Waals surface area contributed by atoms with Crippen LogP contribution < -0.4 is 10.4 Å². The van der Waals surface area contributed by atoms with Gasteiger partial charge in [-0.2, -0.15) is 11.8 Å². The lowest BCUT2D eigenvalue weighted by molar-refractivity contribution is 0.0689. The van der Waals surface area contributed by atoms with Crippen molar-refractivity contribution in [3.8, 4) is 5.75 Å². The Morgan fingerprint density at radius 2 is 2.33 bits per heavy atom. The van der Waals surface area contributed by atoms with Gasteiger partial charge in [0.15, 0.2) is 0 Å². The number of nitrogen functional groups attached to an aromatic ring is 1. The molecule has 126 valence electrons. The van der Waals surface area contributed by atoms with Crippen LogP contribution in [0.1, 0.15) is 20.9 Å². The maximum atomic E-state index is 13.7. The van der Waals surface area contributed by atoms with E-state index in [1.54, 1.807) is 0 Å². The first kappa shape index (κ1) is 17.0. The number of hydrogen-bond acceptors (Lipinski definition) is 8. The lowest BCUT2D eigenvalue weighted by Gasteiger charge is -2.28. The zero-order valence-corrected chi connectivity index (χ0v) is 13.9. The van der Waals surface area contributed by atoms with Crippen molar-refractivity contribution in [1.82, 2.24) is 10.2 Å². The van der Waals surface area contributed by atoms with Crippen molar-refractivity contribution in [2.24, 2.45) is 0 Å². The number of aromatic carboxylic acids is 1. The molecule has 24 heavy (non-hydrogen) atoms. The first-order valence-corrected chi connectivity index (χ1v) is 8.91. The topological polar surface area (TPSA) is 119 Å². The normalized spacial score (nSPS) is 16.6. The first-order chi connectivity index (χ1) is 11.5. The van der Waals surface area contributed by atoms with Crippen molar-refractivity contribution in [1.29, 1.82) is 0 Å². The van der Waals surface area contributed by atoms with Crippen molar-refractivity contribution in [2.45, 2.75) is 18.0 Å². The number of nitrogens with two attached hydrogens (primary N) is 1. The van der Waals surface area contributed by atoms with Crippen molar-refractivity contribution >= 4 is 41.3 Å². The Morgan fingerprint density at radius 3 is 3.00 bits per heavy atom. The number of rotatable bonds is 5. The molecule has 0 saturated carbocycles. The number of aromatic nitrogens is 2. The Kier molecular flexibility index (Phi) is 4.92.